The van der Waals surface area contributed by atoms with Gasteiger partial charge in [-0.3, -0.25) is 4.79 Å². The lowest BCUT2D eigenvalue weighted by atomic mass is 10.1. The number of amides is 1. The van der Waals surface area contributed by atoms with E-state index in [1.807, 2.05) is 6.07 Å². The summed E-state index contributed by atoms with van der Waals surface area (Å²) in [7, 11) is 3.17. The van der Waals surface area contributed by atoms with Gasteiger partial charge < -0.3 is 14.8 Å². The smallest absolute Gasteiger partial charge is 0.228 e. The minimum Gasteiger partial charge on any atom is -0.493 e. The summed E-state index contributed by atoms with van der Waals surface area (Å²) in [4.78, 5) is 12.5. The summed E-state index contributed by atoms with van der Waals surface area (Å²) in [6, 6.07) is 5.40. The van der Waals surface area contributed by atoms with Crippen molar-refractivity contribution in [3.05, 3.63) is 29.8 Å². The van der Waals surface area contributed by atoms with Crippen LogP contribution in [-0.4, -0.2) is 20.1 Å². The van der Waals surface area contributed by atoms with Crippen molar-refractivity contribution >= 4 is 11.6 Å². The molecule has 0 spiro atoms. The first kappa shape index (κ1) is 16.4. The molecule has 0 unspecified atom stereocenters. The van der Waals surface area contributed by atoms with Gasteiger partial charge in [-0.25, -0.2) is 0 Å². The first-order valence-corrected chi connectivity index (χ1v) is 7.49. The molecule has 1 amide bonds. The summed E-state index contributed by atoms with van der Waals surface area (Å²) in [5.41, 5.74) is 1.98. The van der Waals surface area contributed by atoms with E-state index < -0.39 is 0 Å². The minimum absolute atomic E-state index is 0.00972. The summed E-state index contributed by atoms with van der Waals surface area (Å²) >= 11 is 0. The van der Waals surface area contributed by atoms with Crippen LogP contribution in [0.3, 0.4) is 0 Å². The number of carbonyl (C=O) groups excluding carboxylic acids is 1. The fourth-order valence-electron chi connectivity index (χ4n) is 2.98. The van der Waals surface area contributed by atoms with E-state index in [9.17, 15) is 4.79 Å². The molecule has 0 aliphatic heterocycles. The predicted octanol–water partition coefficient (Wildman–Crippen LogP) is 3.88. The molecule has 0 bridgehead atoms. The highest BCUT2D eigenvalue weighted by molar-refractivity contribution is 5.96. The second-order valence-corrected chi connectivity index (χ2v) is 6.63. The summed E-state index contributed by atoms with van der Waals surface area (Å²) < 4.78 is 10.5. The molecule has 1 N–H and O–H groups in total. The van der Waals surface area contributed by atoms with Gasteiger partial charge >= 0.3 is 0 Å². The van der Waals surface area contributed by atoms with Crippen LogP contribution in [0.15, 0.2) is 29.8 Å². The van der Waals surface area contributed by atoms with E-state index in [4.69, 9.17) is 9.47 Å². The molecule has 0 heterocycles. The Hall–Kier alpha value is -1.97. The van der Waals surface area contributed by atoms with Crippen molar-refractivity contribution in [2.45, 2.75) is 27.7 Å². The number of nitrogens with one attached hydrogen (secondary N) is 1. The van der Waals surface area contributed by atoms with Crippen molar-refractivity contribution in [3.63, 3.8) is 0 Å². The molecule has 4 heteroatoms. The molecule has 1 saturated carbocycles. The molecule has 2 atom stereocenters. The maximum absolute atomic E-state index is 12.5. The molecule has 2 rings (SSSR count). The highest BCUT2D eigenvalue weighted by Gasteiger charge is 2.60. The van der Waals surface area contributed by atoms with Crippen molar-refractivity contribution in [2.24, 2.45) is 17.3 Å². The Morgan fingerprint density at radius 3 is 2.36 bits per heavy atom. The molecule has 1 aliphatic rings. The number of hydrogen-bond acceptors (Lipinski definition) is 3. The Kier molecular flexibility index (Phi) is 4.50. The standard InChI is InChI=1S/C18H25NO3/c1-11(2)9-13-16(18(13,3)4)17(20)19-12-7-8-14(21-5)15(10-12)22-6/h7-10,13,16H,1-6H3,(H,19,20)/t13-,16+/m0/s1. The molecular weight excluding hydrogens is 278 g/mol. The predicted molar refractivity (Wildman–Crippen MR) is 88.4 cm³/mol. The van der Waals surface area contributed by atoms with Crippen LogP contribution in [-0.2, 0) is 4.79 Å². The summed E-state index contributed by atoms with van der Waals surface area (Å²) in [6.07, 6.45) is 2.19. The Balaban J connectivity index is 2.12. The van der Waals surface area contributed by atoms with Crippen molar-refractivity contribution in [1.82, 2.24) is 0 Å². The van der Waals surface area contributed by atoms with Gasteiger partial charge in [0.1, 0.15) is 0 Å². The Morgan fingerprint density at radius 1 is 1.18 bits per heavy atom. The molecule has 22 heavy (non-hydrogen) atoms. The molecule has 0 radical (unpaired) electrons. The van der Waals surface area contributed by atoms with Gasteiger partial charge in [0.15, 0.2) is 11.5 Å². The van der Waals surface area contributed by atoms with Crippen molar-refractivity contribution in [3.8, 4) is 11.5 Å². The van der Waals surface area contributed by atoms with Gasteiger partial charge in [0.05, 0.1) is 20.1 Å². The Morgan fingerprint density at radius 2 is 1.82 bits per heavy atom. The van der Waals surface area contributed by atoms with E-state index in [1.54, 1.807) is 26.4 Å². The van der Waals surface area contributed by atoms with E-state index in [2.05, 4.69) is 39.1 Å². The van der Waals surface area contributed by atoms with Crippen molar-refractivity contribution in [1.29, 1.82) is 0 Å². The van der Waals surface area contributed by atoms with Gasteiger partial charge in [0, 0.05) is 11.8 Å². The van der Waals surface area contributed by atoms with Crippen LogP contribution < -0.4 is 14.8 Å². The third-order valence-electron chi connectivity index (χ3n) is 4.36. The Labute approximate surface area is 132 Å². The van der Waals surface area contributed by atoms with Crippen LogP contribution in [0.2, 0.25) is 0 Å². The van der Waals surface area contributed by atoms with Gasteiger partial charge in [-0.15, -0.1) is 0 Å². The van der Waals surface area contributed by atoms with E-state index >= 15 is 0 Å². The molecule has 120 valence electrons. The number of allylic oxidation sites excluding steroid dienone is 2. The largest absolute Gasteiger partial charge is 0.493 e. The third kappa shape index (κ3) is 3.11. The van der Waals surface area contributed by atoms with E-state index in [1.165, 1.54) is 5.57 Å². The van der Waals surface area contributed by atoms with Gasteiger partial charge in [0.2, 0.25) is 5.91 Å². The number of anilines is 1. The van der Waals surface area contributed by atoms with Crippen LogP contribution in [0, 0.1) is 17.3 Å². The second-order valence-electron chi connectivity index (χ2n) is 6.63. The van der Waals surface area contributed by atoms with Crippen LogP contribution in [0.25, 0.3) is 0 Å². The van der Waals surface area contributed by atoms with Crippen LogP contribution in [0.4, 0.5) is 5.69 Å². The number of carbonyl (C=O) groups is 1. The third-order valence-corrected chi connectivity index (χ3v) is 4.36. The number of rotatable bonds is 5. The lowest BCUT2D eigenvalue weighted by Crippen LogP contribution is -2.16. The summed E-state index contributed by atoms with van der Waals surface area (Å²) in [5, 5.41) is 2.98. The highest BCUT2D eigenvalue weighted by atomic mass is 16.5. The van der Waals surface area contributed by atoms with Crippen molar-refractivity contribution < 1.29 is 14.3 Å². The average Bonchev–Trinajstić information content (AvgIpc) is 2.98. The van der Waals surface area contributed by atoms with Gasteiger partial charge in [-0.2, -0.15) is 0 Å². The zero-order valence-corrected chi connectivity index (χ0v) is 14.2. The number of methoxy groups -OCH3 is 2. The van der Waals surface area contributed by atoms with E-state index in [0.29, 0.717) is 17.4 Å². The van der Waals surface area contributed by atoms with Crippen LogP contribution in [0.5, 0.6) is 11.5 Å². The van der Waals surface area contributed by atoms with Crippen molar-refractivity contribution in [2.75, 3.05) is 19.5 Å². The zero-order valence-electron chi connectivity index (χ0n) is 14.2. The maximum Gasteiger partial charge on any atom is 0.228 e. The fourth-order valence-corrected chi connectivity index (χ4v) is 2.98. The Bertz CT molecular complexity index is 600. The topological polar surface area (TPSA) is 47.6 Å². The normalized spacial score (nSPS) is 21.7. The van der Waals surface area contributed by atoms with E-state index in [-0.39, 0.29) is 17.2 Å². The van der Waals surface area contributed by atoms with Crippen LogP contribution in [0.1, 0.15) is 27.7 Å². The molecule has 1 fully saturated rings. The molecule has 1 aromatic rings. The first-order valence-electron chi connectivity index (χ1n) is 7.49. The second kappa shape index (κ2) is 6.03. The summed E-state index contributed by atoms with van der Waals surface area (Å²) in [6.45, 7) is 8.40. The average molecular weight is 303 g/mol. The minimum atomic E-state index is 0.00972. The molecule has 1 aromatic carbocycles. The first-order chi connectivity index (χ1) is 10.3. The molecule has 0 saturated heterocycles. The summed E-state index contributed by atoms with van der Waals surface area (Å²) in [5.74, 6) is 1.62. The lowest BCUT2D eigenvalue weighted by molar-refractivity contribution is -0.118. The number of ether oxygens (including phenoxy) is 2. The highest BCUT2D eigenvalue weighted by Crippen LogP contribution is 2.59. The van der Waals surface area contributed by atoms with Gasteiger partial charge in [-0.05, 0) is 37.3 Å². The lowest BCUT2D eigenvalue weighted by Gasteiger charge is -2.11. The zero-order chi connectivity index (χ0) is 16.5. The van der Waals surface area contributed by atoms with E-state index in [0.717, 1.165) is 5.69 Å². The van der Waals surface area contributed by atoms with Gasteiger partial charge in [0.25, 0.3) is 0 Å². The maximum atomic E-state index is 12.5. The molecule has 1 aliphatic carbocycles. The quantitative estimate of drug-likeness (QED) is 0.840. The van der Waals surface area contributed by atoms with Gasteiger partial charge in [-0.1, -0.05) is 25.5 Å². The number of benzene rings is 1. The fraction of sp³-hybridized carbons (Fsp3) is 0.500. The number of hydrogen-bond donors (Lipinski definition) is 1. The van der Waals surface area contributed by atoms with Crippen LogP contribution >= 0.6 is 0 Å². The molecular formula is C18H25NO3. The SMILES string of the molecule is COc1ccc(NC(=O)[C@H]2[C@H](C=C(C)C)C2(C)C)cc1OC. The monoisotopic (exact) mass is 303 g/mol. The molecule has 0 aromatic heterocycles. The molecule has 4 nitrogen and oxygen atoms in total.